The number of nitrogens with zero attached hydrogens (tertiary/aromatic N) is 2. The van der Waals surface area contributed by atoms with Crippen molar-refractivity contribution in [2.24, 2.45) is 0 Å². The molecule has 2 rings (SSSR count). The molecule has 1 fully saturated rings. The maximum Gasteiger partial charge on any atom is 0.273 e. The number of amides is 3. The Morgan fingerprint density at radius 3 is 2.95 bits per heavy atom. The Morgan fingerprint density at radius 1 is 1.50 bits per heavy atom. The Balaban J connectivity index is 2.23. The van der Waals surface area contributed by atoms with Crippen LogP contribution in [0, 0.1) is 0 Å². The lowest BCUT2D eigenvalue weighted by Crippen LogP contribution is -2.58. The van der Waals surface area contributed by atoms with Crippen molar-refractivity contribution in [2.75, 3.05) is 18.4 Å². The van der Waals surface area contributed by atoms with Crippen molar-refractivity contribution in [3.8, 4) is 0 Å². The molecule has 20 heavy (non-hydrogen) atoms. The molecule has 0 spiro atoms. The summed E-state index contributed by atoms with van der Waals surface area (Å²) in [6.07, 6.45) is 0. The Hall–Kier alpha value is -2.44. The molecule has 1 aliphatic heterocycles. The SMILES string of the molecule is CCNc1cccc(C(=O)N2CC(=O)NC(=O)C2C)n1. The largest absolute Gasteiger partial charge is 0.370 e. The first-order valence-electron chi connectivity index (χ1n) is 6.38. The van der Waals surface area contributed by atoms with Gasteiger partial charge < -0.3 is 10.2 Å². The molecule has 0 saturated carbocycles. The molecule has 2 N–H and O–H groups in total. The number of aromatic nitrogens is 1. The normalized spacial score (nSPS) is 18.7. The molecule has 1 aromatic rings. The van der Waals surface area contributed by atoms with Crippen LogP contribution in [-0.4, -0.2) is 46.7 Å². The van der Waals surface area contributed by atoms with Crippen LogP contribution in [0.15, 0.2) is 18.2 Å². The standard InChI is InChI=1S/C13H16N4O3/c1-3-14-10-6-4-5-9(15-10)13(20)17-7-11(18)16-12(19)8(17)2/h4-6,8H,3,7H2,1-2H3,(H,14,15)(H,16,18,19). The zero-order valence-corrected chi connectivity index (χ0v) is 11.3. The van der Waals surface area contributed by atoms with Gasteiger partial charge in [-0.3, -0.25) is 19.7 Å². The minimum atomic E-state index is -0.690. The molecule has 1 saturated heterocycles. The molecule has 1 atom stereocenters. The highest BCUT2D eigenvalue weighted by Crippen LogP contribution is 2.12. The molecule has 1 aliphatic rings. The van der Waals surface area contributed by atoms with Gasteiger partial charge in [-0.2, -0.15) is 0 Å². The number of carbonyl (C=O) groups excluding carboxylic acids is 3. The van der Waals surface area contributed by atoms with E-state index < -0.39 is 23.8 Å². The second kappa shape index (κ2) is 5.68. The first kappa shape index (κ1) is 14.0. The van der Waals surface area contributed by atoms with Crippen molar-refractivity contribution in [1.29, 1.82) is 0 Å². The Bertz CT molecular complexity index is 558. The lowest BCUT2D eigenvalue weighted by Gasteiger charge is -2.31. The van der Waals surface area contributed by atoms with Gasteiger partial charge in [0.25, 0.3) is 5.91 Å². The summed E-state index contributed by atoms with van der Waals surface area (Å²) in [5.41, 5.74) is 0.206. The smallest absolute Gasteiger partial charge is 0.273 e. The fourth-order valence-electron chi connectivity index (χ4n) is 1.94. The minimum Gasteiger partial charge on any atom is -0.370 e. The third-order valence-electron chi connectivity index (χ3n) is 3.01. The maximum absolute atomic E-state index is 12.4. The molecular weight excluding hydrogens is 260 g/mol. The average molecular weight is 276 g/mol. The highest BCUT2D eigenvalue weighted by molar-refractivity contribution is 6.06. The number of hydrogen-bond acceptors (Lipinski definition) is 5. The zero-order valence-electron chi connectivity index (χ0n) is 11.3. The van der Waals surface area contributed by atoms with Gasteiger partial charge in [-0.15, -0.1) is 0 Å². The van der Waals surface area contributed by atoms with Crippen molar-refractivity contribution >= 4 is 23.5 Å². The number of carbonyl (C=O) groups is 3. The van der Waals surface area contributed by atoms with E-state index in [2.05, 4.69) is 15.6 Å². The van der Waals surface area contributed by atoms with E-state index in [1.807, 2.05) is 6.92 Å². The van der Waals surface area contributed by atoms with E-state index in [9.17, 15) is 14.4 Å². The lowest BCUT2D eigenvalue weighted by atomic mass is 10.1. The van der Waals surface area contributed by atoms with E-state index in [-0.39, 0.29) is 12.2 Å². The number of hydrogen-bond donors (Lipinski definition) is 2. The van der Waals surface area contributed by atoms with Crippen LogP contribution in [0.4, 0.5) is 5.82 Å². The van der Waals surface area contributed by atoms with Crippen LogP contribution >= 0.6 is 0 Å². The monoisotopic (exact) mass is 276 g/mol. The molecule has 7 nitrogen and oxygen atoms in total. The number of imide groups is 1. The summed E-state index contributed by atoms with van der Waals surface area (Å²) in [6.45, 7) is 4.05. The van der Waals surface area contributed by atoms with Crippen LogP contribution in [0.3, 0.4) is 0 Å². The summed E-state index contributed by atoms with van der Waals surface area (Å²) in [5.74, 6) is -0.805. The second-order valence-electron chi connectivity index (χ2n) is 4.46. The highest BCUT2D eigenvalue weighted by Gasteiger charge is 2.34. The third kappa shape index (κ3) is 2.76. The van der Waals surface area contributed by atoms with Gasteiger partial charge in [0.15, 0.2) is 0 Å². The van der Waals surface area contributed by atoms with Crippen LogP contribution in [0.2, 0.25) is 0 Å². The van der Waals surface area contributed by atoms with Gasteiger partial charge in [0, 0.05) is 6.54 Å². The molecule has 106 valence electrons. The summed E-state index contributed by atoms with van der Waals surface area (Å²) in [4.78, 5) is 40.7. The molecule has 1 unspecified atom stereocenters. The minimum absolute atomic E-state index is 0.140. The van der Waals surface area contributed by atoms with Crippen LogP contribution in [0.25, 0.3) is 0 Å². The average Bonchev–Trinajstić information content (AvgIpc) is 2.43. The van der Waals surface area contributed by atoms with Gasteiger partial charge in [-0.1, -0.05) is 6.07 Å². The number of rotatable bonds is 3. The molecule has 7 heteroatoms. The molecule has 0 aliphatic carbocycles. The third-order valence-corrected chi connectivity index (χ3v) is 3.01. The maximum atomic E-state index is 12.4. The molecular formula is C13H16N4O3. The number of nitrogens with one attached hydrogen (secondary N) is 2. The molecule has 2 heterocycles. The van der Waals surface area contributed by atoms with Gasteiger partial charge in [-0.25, -0.2) is 4.98 Å². The van der Waals surface area contributed by atoms with Crippen LogP contribution < -0.4 is 10.6 Å². The second-order valence-corrected chi connectivity index (χ2v) is 4.46. The summed E-state index contributed by atoms with van der Waals surface area (Å²) < 4.78 is 0. The van der Waals surface area contributed by atoms with Gasteiger partial charge in [0.05, 0.1) is 0 Å². The van der Waals surface area contributed by atoms with E-state index in [0.29, 0.717) is 12.4 Å². The van der Waals surface area contributed by atoms with Crippen LogP contribution in [-0.2, 0) is 9.59 Å². The molecule has 0 radical (unpaired) electrons. The van der Waals surface area contributed by atoms with Gasteiger partial charge >= 0.3 is 0 Å². The summed E-state index contributed by atoms with van der Waals surface area (Å²) >= 11 is 0. The Labute approximate surface area is 116 Å². The van der Waals surface area contributed by atoms with E-state index in [1.165, 1.54) is 4.90 Å². The lowest BCUT2D eigenvalue weighted by molar-refractivity contribution is -0.138. The van der Waals surface area contributed by atoms with Crippen LogP contribution in [0.5, 0.6) is 0 Å². The van der Waals surface area contributed by atoms with Crippen molar-refractivity contribution in [3.63, 3.8) is 0 Å². The summed E-state index contributed by atoms with van der Waals surface area (Å²) in [6, 6.07) is 4.32. The fourth-order valence-corrected chi connectivity index (χ4v) is 1.94. The quantitative estimate of drug-likeness (QED) is 0.758. The van der Waals surface area contributed by atoms with Gasteiger partial charge in [-0.05, 0) is 26.0 Å². The molecule has 3 amide bonds. The molecule has 0 aromatic carbocycles. The van der Waals surface area contributed by atoms with Crippen molar-refractivity contribution in [2.45, 2.75) is 19.9 Å². The number of piperazine rings is 1. The zero-order chi connectivity index (χ0) is 14.7. The van der Waals surface area contributed by atoms with E-state index >= 15 is 0 Å². The van der Waals surface area contributed by atoms with Gasteiger partial charge in [0.2, 0.25) is 11.8 Å². The van der Waals surface area contributed by atoms with Crippen molar-refractivity contribution < 1.29 is 14.4 Å². The predicted molar refractivity (Wildman–Crippen MR) is 72.0 cm³/mol. The number of pyridine rings is 1. The first-order valence-corrected chi connectivity index (χ1v) is 6.38. The van der Waals surface area contributed by atoms with E-state index in [1.54, 1.807) is 25.1 Å². The van der Waals surface area contributed by atoms with Crippen molar-refractivity contribution in [3.05, 3.63) is 23.9 Å². The highest BCUT2D eigenvalue weighted by atomic mass is 16.2. The Morgan fingerprint density at radius 2 is 2.25 bits per heavy atom. The van der Waals surface area contributed by atoms with Crippen molar-refractivity contribution in [1.82, 2.24) is 15.2 Å². The first-order chi connectivity index (χ1) is 9.52. The molecule has 0 bridgehead atoms. The summed E-state index contributed by atoms with van der Waals surface area (Å²) in [5, 5.41) is 5.20. The molecule has 1 aromatic heterocycles. The van der Waals surface area contributed by atoms with E-state index in [0.717, 1.165) is 0 Å². The fraction of sp³-hybridized carbons (Fsp3) is 0.385. The predicted octanol–water partition coefficient (Wildman–Crippen LogP) is 0.000500. The number of anilines is 1. The van der Waals surface area contributed by atoms with Gasteiger partial charge in [0.1, 0.15) is 24.1 Å². The van der Waals surface area contributed by atoms with E-state index in [4.69, 9.17) is 0 Å². The topological polar surface area (TPSA) is 91.4 Å². The summed E-state index contributed by atoms with van der Waals surface area (Å²) in [7, 11) is 0. The van der Waals surface area contributed by atoms with Crippen LogP contribution in [0.1, 0.15) is 24.3 Å². The Kier molecular flexibility index (Phi) is 3.97.